The summed E-state index contributed by atoms with van der Waals surface area (Å²) in [4.78, 5) is 5.97. The molecule has 0 amide bonds. The first-order valence-electron chi connectivity index (χ1n) is 6.69. The smallest absolute Gasteiger partial charge is 0.405 e. The average molecular weight is 301 g/mol. The van der Waals surface area contributed by atoms with Gasteiger partial charge in [-0.1, -0.05) is 32.0 Å². The Morgan fingerprint density at radius 3 is 2.67 bits per heavy atom. The SMILES string of the molecule is CC(C)CN1C(N)=NCC1c1ccccc1OC(F)(F)F. The number of benzene rings is 1. The number of ether oxygens (including phenoxy) is 1. The van der Waals surface area contributed by atoms with E-state index in [9.17, 15) is 13.2 Å². The molecule has 1 heterocycles. The number of alkyl halides is 3. The van der Waals surface area contributed by atoms with Gasteiger partial charge in [0.2, 0.25) is 0 Å². The third-order valence-corrected chi connectivity index (χ3v) is 3.16. The van der Waals surface area contributed by atoms with Gasteiger partial charge in [-0.25, -0.2) is 0 Å². The Labute approximate surface area is 121 Å². The van der Waals surface area contributed by atoms with Gasteiger partial charge in [-0.15, -0.1) is 13.2 Å². The second-order valence-electron chi connectivity index (χ2n) is 5.35. The highest BCUT2D eigenvalue weighted by Gasteiger charge is 2.35. The zero-order valence-electron chi connectivity index (χ0n) is 11.9. The molecule has 21 heavy (non-hydrogen) atoms. The summed E-state index contributed by atoms with van der Waals surface area (Å²) in [6, 6.07) is 5.79. The lowest BCUT2D eigenvalue weighted by Gasteiger charge is -2.29. The van der Waals surface area contributed by atoms with Crippen LogP contribution in [-0.4, -0.2) is 30.3 Å². The summed E-state index contributed by atoms with van der Waals surface area (Å²) in [5, 5.41) is 0. The fourth-order valence-electron chi connectivity index (χ4n) is 2.38. The zero-order chi connectivity index (χ0) is 15.6. The van der Waals surface area contributed by atoms with Crippen LogP contribution in [0, 0.1) is 5.92 Å². The number of nitrogens with zero attached hydrogens (tertiary/aromatic N) is 2. The molecule has 2 rings (SSSR count). The molecule has 0 aromatic heterocycles. The molecule has 1 unspecified atom stereocenters. The highest BCUT2D eigenvalue weighted by Crippen LogP contribution is 2.35. The van der Waals surface area contributed by atoms with Crippen LogP contribution in [-0.2, 0) is 0 Å². The zero-order valence-corrected chi connectivity index (χ0v) is 11.9. The van der Waals surface area contributed by atoms with E-state index in [-0.39, 0.29) is 11.8 Å². The summed E-state index contributed by atoms with van der Waals surface area (Å²) in [7, 11) is 0. The lowest BCUT2D eigenvalue weighted by Crippen LogP contribution is -2.38. The fourth-order valence-corrected chi connectivity index (χ4v) is 2.38. The second kappa shape index (κ2) is 5.83. The van der Waals surface area contributed by atoms with Crippen molar-refractivity contribution in [3.8, 4) is 5.75 Å². The van der Waals surface area contributed by atoms with Crippen LogP contribution in [0.4, 0.5) is 13.2 Å². The quantitative estimate of drug-likeness (QED) is 0.930. The maximum absolute atomic E-state index is 12.5. The lowest BCUT2D eigenvalue weighted by molar-refractivity contribution is -0.275. The lowest BCUT2D eigenvalue weighted by atomic mass is 10.0. The molecule has 1 atom stereocenters. The standard InChI is InChI=1S/C14H18F3N3O/c1-9(2)8-20-11(7-19-13(20)18)10-5-3-4-6-12(10)21-14(15,16)17/h3-6,9,11H,7-8H2,1-2H3,(H2,18,19). The molecule has 0 bridgehead atoms. The first kappa shape index (κ1) is 15.5. The Bertz CT molecular complexity index is 528. The maximum atomic E-state index is 12.5. The van der Waals surface area contributed by atoms with E-state index in [1.807, 2.05) is 18.7 Å². The van der Waals surface area contributed by atoms with Crippen LogP contribution >= 0.6 is 0 Å². The van der Waals surface area contributed by atoms with Gasteiger partial charge in [0.25, 0.3) is 0 Å². The van der Waals surface area contributed by atoms with E-state index in [0.29, 0.717) is 30.5 Å². The van der Waals surface area contributed by atoms with Crippen molar-refractivity contribution >= 4 is 5.96 Å². The molecule has 2 N–H and O–H groups in total. The molecule has 0 fully saturated rings. The van der Waals surface area contributed by atoms with E-state index in [1.54, 1.807) is 12.1 Å². The van der Waals surface area contributed by atoms with Crippen molar-refractivity contribution in [1.82, 2.24) is 4.90 Å². The second-order valence-corrected chi connectivity index (χ2v) is 5.35. The Morgan fingerprint density at radius 2 is 2.05 bits per heavy atom. The third kappa shape index (κ3) is 3.80. The molecule has 1 aliphatic rings. The van der Waals surface area contributed by atoms with E-state index in [2.05, 4.69) is 9.73 Å². The number of para-hydroxylation sites is 1. The van der Waals surface area contributed by atoms with Crippen molar-refractivity contribution < 1.29 is 17.9 Å². The summed E-state index contributed by atoms with van der Waals surface area (Å²) >= 11 is 0. The van der Waals surface area contributed by atoms with Crippen molar-refractivity contribution in [3.63, 3.8) is 0 Å². The summed E-state index contributed by atoms with van der Waals surface area (Å²) in [6.07, 6.45) is -4.72. The molecule has 7 heteroatoms. The normalized spacial score (nSPS) is 19.0. The molecule has 0 saturated carbocycles. The van der Waals surface area contributed by atoms with Crippen molar-refractivity contribution in [2.75, 3.05) is 13.1 Å². The molecule has 0 spiro atoms. The van der Waals surface area contributed by atoms with Crippen LogP contribution in [0.25, 0.3) is 0 Å². The molecule has 116 valence electrons. The summed E-state index contributed by atoms with van der Waals surface area (Å²) in [6.45, 7) is 4.98. The number of nitrogens with two attached hydrogens (primary N) is 1. The molecule has 0 aliphatic carbocycles. The minimum Gasteiger partial charge on any atom is -0.405 e. The molecule has 1 aromatic carbocycles. The van der Waals surface area contributed by atoms with E-state index in [1.165, 1.54) is 12.1 Å². The third-order valence-electron chi connectivity index (χ3n) is 3.16. The van der Waals surface area contributed by atoms with Gasteiger partial charge >= 0.3 is 6.36 Å². The van der Waals surface area contributed by atoms with Crippen molar-refractivity contribution in [1.29, 1.82) is 0 Å². The Kier molecular flexibility index (Phi) is 4.29. The minimum absolute atomic E-state index is 0.200. The predicted molar refractivity (Wildman–Crippen MR) is 73.9 cm³/mol. The van der Waals surface area contributed by atoms with Crippen LogP contribution < -0.4 is 10.5 Å². The highest BCUT2D eigenvalue weighted by molar-refractivity contribution is 5.80. The summed E-state index contributed by atoms with van der Waals surface area (Å²) in [5.74, 6) is 0.471. The predicted octanol–water partition coefficient (Wildman–Crippen LogP) is 2.91. The highest BCUT2D eigenvalue weighted by atomic mass is 19.4. The molecule has 1 aliphatic heterocycles. The largest absolute Gasteiger partial charge is 0.573 e. The van der Waals surface area contributed by atoms with Gasteiger partial charge in [0, 0.05) is 12.1 Å². The number of hydrogen-bond acceptors (Lipinski definition) is 4. The van der Waals surface area contributed by atoms with Crippen molar-refractivity contribution in [2.24, 2.45) is 16.6 Å². The van der Waals surface area contributed by atoms with Gasteiger partial charge in [0.05, 0.1) is 12.6 Å². The number of halogens is 3. The Hall–Kier alpha value is -1.92. The molecular formula is C14H18F3N3O. The van der Waals surface area contributed by atoms with Crippen LogP contribution in [0.1, 0.15) is 25.5 Å². The number of rotatable bonds is 4. The summed E-state index contributed by atoms with van der Waals surface area (Å²) < 4.78 is 41.6. The van der Waals surface area contributed by atoms with Crippen LogP contribution in [0.5, 0.6) is 5.75 Å². The van der Waals surface area contributed by atoms with Crippen LogP contribution in [0.2, 0.25) is 0 Å². The van der Waals surface area contributed by atoms with Crippen LogP contribution in [0.3, 0.4) is 0 Å². The molecule has 1 aromatic rings. The van der Waals surface area contributed by atoms with Crippen LogP contribution in [0.15, 0.2) is 29.3 Å². The molecule has 0 saturated heterocycles. The van der Waals surface area contributed by atoms with Gasteiger partial charge in [0.15, 0.2) is 5.96 Å². The Morgan fingerprint density at radius 1 is 1.38 bits per heavy atom. The molecule has 0 radical (unpaired) electrons. The first-order valence-corrected chi connectivity index (χ1v) is 6.69. The molecule has 4 nitrogen and oxygen atoms in total. The fraction of sp³-hybridized carbons (Fsp3) is 0.500. The van der Waals surface area contributed by atoms with Crippen molar-refractivity contribution in [3.05, 3.63) is 29.8 Å². The van der Waals surface area contributed by atoms with E-state index in [0.717, 1.165) is 0 Å². The monoisotopic (exact) mass is 301 g/mol. The average Bonchev–Trinajstić information content (AvgIpc) is 2.69. The summed E-state index contributed by atoms with van der Waals surface area (Å²) in [5.41, 5.74) is 6.29. The van der Waals surface area contributed by atoms with E-state index >= 15 is 0 Å². The van der Waals surface area contributed by atoms with Crippen molar-refractivity contribution in [2.45, 2.75) is 26.3 Å². The van der Waals surface area contributed by atoms with E-state index < -0.39 is 6.36 Å². The van der Waals surface area contributed by atoms with Gasteiger partial charge in [-0.3, -0.25) is 4.99 Å². The number of guanidine groups is 1. The van der Waals surface area contributed by atoms with Gasteiger partial charge in [-0.2, -0.15) is 0 Å². The van der Waals surface area contributed by atoms with Gasteiger partial charge < -0.3 is 15.4 Å². The molecular weight excluding hydrogens is 283 g/mol. The first-order chi connectivity index (χ1) is 9.78. The minimum atomic E-state index is -4.72. The number of aliphatic imine (C=N–C) groups is 1. The maximum Gasteiger partial charge on any atom is 0.573 e. The number of hydrogen-bond donors (Lipinski definition) is 1. The Balaban J connectivity index is 2.29. The topological polar surface area (TPSA) is 50.8 Å². The van der Waals surface area contributed by atoms with Gasteiger partial charge in [-0.05, 0) is 12.0 Å². The van der Waals surface area contributed by atoms with E-state index in [4.69, 9.17) is 5.73 Å². The van der Waals surface area contributed by atoms with Gasteiger partial charge in [0.1, 0.15) is 5.75 Å².